The number of amides is 2. The zero-order chi connectivity index (χ0) is 19.7. The average molecular weight is 401 g/mol. The second kappa shape index (κ2) is 7.27. The molecule has 0 saturated carbocycles. The van der Waals surface area contributed by atoms with Gasteiger partial charge in [-0.3, -0.25) is 19.6 Å². The average Bonchev–Trinajstić information content (AvgIpc) is 3.23. The van der Waals surface area contributed by atoms with E-state index in [1.165, 1.54) is 18.6 Å². The third kappa shape index (κ3) is 3.59. The molecule has 28 heavy (non-hydrogen) atoms. The molecule has 9 nitrogen and oxygen atoms in total. The Hall–Kier alpha value is -2.88. The highest BCUT2D eigenvalue weighted by atomic mass is 32.2. The molecule has 2 aromatic rings. The van der Waals surface area contributed by atoms with E-state index in [-0.39, 0.29) is 36.2 Å². The number of rotatable bonds is 4. The molecule has 0 spiro atoms. The van der Waals surface area contributed by atoms with E-state index in [9.17, 15) is 18.0 Å². The minimum atomic E-state index is -3.40. The van der Waals surface area contributed by atoms with Gasteiger partial charge in [0.1, 0.15) is 5.69 Å². The first-order valence-corrected chi connectivity index (χ1v) is 10.6. The summed E-state index contributed by atoms with van der Waals surface area (Å²) in [6.45, 7) is 0.456. The van der Waals surface area contributed by atoms with Crippen LogP contribution in [0.4, 0.5) is 0 Å². The van der Waals surface area contributed by atoms with Gasteiger partial charge in [0.2, 0.25) is 5.91 Å². The minimum Gasteiger partial charge on any atom is -0.346 e. The Morgan fingerprint density at radius 3 is 2.68 bits per heavy atom. The normalized spacial score (nSPS) is 25.3. The number of hydrogen-bond donors (Lipinski definition) is 1. The fourth-order valence-corrected chi connectivity index (χ4v) is 6.16. The van der Waals surface area contributed by atoms with Gasteiger partial charge in [0.05, 0.1) is 23.6 Å². The third-order valence-corrected chi connectivity index (χ3v) is 7.49. The van der Waals surface area contributed by atoms with Crippen LogP contribution in [0.5, 0.6) is 0 Å². The van der Waals surface area contributed by atoms with E-state index in [1.807, 2.05) is 6.07 Å². The number of sulfone groups is 1. The quantitative estimate of drug-likeness (QED) is 0.731. The first-order chi connectivity index (χ1) is 13.4. The molecule has 2 aromatic heterocycles. The number of hydrogen-bond acceptors (Lipinski definition) is 7. The highest BCUT2D eigenvalue weighted by Crippen LogP contribution is 2.34. The number of fused-ring (bicyclic) bond motifs is 1. The van der Waals surface area contributed by atoms with Gasteiger partial charge in [0.25, 0.3) is 5.91 Å². The van der Waals surface area contributed by atoms with Gasteiger partial charge >= 0.3 is 0 Å². The van der Waals surface area contributed by atoms with Crippen LogP contribution in [0.25, 0.3) is 0 Å². The van der Waals surface area contributed by atoms with E-state index in [1.54, 1.807) is 23.4 Å². The van der Waals surface area contributed by atoms with Crippen LogP contribution in [0.2, 0.25) is 0 Å². The van der Waals surface area contributed by atoms with Gasteiger partial charge in [-0.05, 0) is 11.6 Å². The van der Waals surface area contributed by atoms with Crippen LogP contribution in [0.3, 0.4) is 0 Å². The van der Waals surface area contributed by atoms with Crippen LogP contribution in [-0.4, -0.2) is 70.2 Å². The SMILES string of the molecule is O=C(N[C@@H]1CS(=O)(=O)[C@H]2CN(C(=O)Cc3cccnc3)C[C@@H]12)c1cnccn1. The summed E-state index contributed by atoms with van der Waals surface area (Å²) >= 11 is 0. The molecule has 1 N–H and O–H groups in total. The Bertz CT molecular complexity index is 984. The van der Waals surface area contributed by atoms with E-state index in [0.29, 0.717) is 6.54 Å². The summed E-state index contributed by atoms with van der Waals surface area (Å²) in [4.78, 5) is 38.3. The number of pyridine rings is 1. The number of carbonyl (C=O) groups is 2. The monoisotopic (exact) mass is 401 g/mol. The maximum atomic E-state index is 12.6. The summed E-state index contributed by atoms with van der Waals surface area (Å²) in [6.07, 6.45) is 7.60. The first kappa shape index (κ1) is 18.5. The van der Waals surface area contributed by atoms with Crippen molar-refractivity contribution in [3.63, 3.8) is 0 Å². The van der Waals surface area contributed by atoms with E-state index < -0.39 is 27.0 Å². The zero-order valence-corrected chi connectivity index (χ0v) is 15.7. The number of nitrogens with zero attached hydrogens (tertiary/aromatic N) is 4. The van der Waals surface area contributed by atoms with Crippen LogP contribution in [0.1, 0.15) is 16.1 Å². The van der Waals surface area contributed by atoms with Crippen LogP contribution in [0, 0.1) is 5.92 Å². The second-order valence-electron chi connectivity index (χ2n) is 7.04. The predicted octanol–water partition coefficient (Wildman–Crippen LogP) is -0.532. The topological polar surface area (TPSA) is 122 Å². The van der Waals surface area contributed by atoms with E-state index >= 15 is 0 Å². The molecule has 0 aromatic carbocycles. The molecule has 2 aliphatic heterocycles. The summed E-state index contributed by atoms with van der Waals surface area (Å²) in [6, 6.07) is 3.01. The number of nitrogens with one attached hydrogen (secondary N) is 1. The van der Waals surface area contributed by atoms with Crippen molar-refractivity contribution in [1.29, 1.82) is 0 Å². The van der Waals surface area contributed by atoms with E-state index in [4.69, 9.17) is 0 Å². The fourth-order valence-electron chi connectivity index (χ4n) is 3.86. The lowest BCUT2D eigenvalue weighted by molar-refractivity contribution is -0.129. The second-order valence-corrected chi connectivity index (χ2v) is 9.30. The van der Waals surface area contributed by atoms with Crippen LogP contribution >= 0.6 is 0 Å². The van der Waals surface area contributed by atoms with Gasteiger partial charge in [-0.2, -0.15) is 0 Å². The van der Waals surface area contributed by atoms with Gasteiger partial charge in [0, 0.05) is 49.8 Å². The largest absolute Gasteiger partial charge is 0.346 e. The standard InChI is InChI=1S/C18H19N5O4S/c24-17(6-12-2-1-3-19-7-12)23-9-13-15(11-28(26,27)16(13)10-23)22-18(25)14-8-20-4-5-21-14/h1-5,7-8,13,15-16H,6,9-11H2,(H,22,25)/t13-,15+,16-/m0/s1. The van der Waals surface area contributed by atoms with Crippen molar-refractivity contribution < 1.29 is 18.0 Å². The summed E-state index contributed by atoms with van der Waals surface area (Å²) in [5, 5.41) is 2.11. The van der Waals surface area contributed by atoms with E-state index in [0.717, 1.165) is 5.56 Å². The minimum absolute atomic E-state index is 0.126. The first-order valence-electron chi connectivity index (χ1n) is 8.89. The van der Waals surface area contributed by atoms with Crippen molar-refractivity contribution in [2.75, 3.05) is 18.8 Å². The predicted molar refractivity (Wildman–Crippen MR) is 98.9 cm³/mol. The summed E-state index contributed by atoms with van der Waals surface area (Å²) < 4.78 is 25.1. The summed E-state index contributed by atoms with van der Waals surface area (Å²) in [7, 11) is -3.40. The van der Waals surface area contributed by atoms with Crippen molar-refractivity contribution in [2.45, 2.75) is 17.7 Å². The number of aromatic nitrogens is 3. The van der Waals surface area contributed by atoms with Crippen molar-refractivity contribution in [2.24, 2.45) is 5.92 Å². The van der Waals surface area contributed by atoms with Gasteiger partial charge in [-0.25, -0.2) is 13.4 Å². The van der Waals surface area contributed by atoms with Crippen LogP contribution < -0.4 is 5.32 Å². The molecule has 0 aliphatic carbocycles. The molecule has 2 fully saturated rings. The molecule has 10 heteroatoms. The van der Waals surface area contributed by atoms with Crippen molar-refractivity contribution in [1.82, 2.24) is 25.2 Å². The Labute approximate surface area is 162 Å². The Kier molecular flexibility index (Phi) is 4.80. The van der Waals surface area contributed by atoms with Crippen molar-refractivity contribution in [3.05, 3.63) is 54.4 Å². The maximum Gasteiger partial charge on any atom is 0.271 e. The molecular weight excluding hydrogens is 382 g/mol. The Balaban J connectivity index is 1.46. The zero-order valence-electron chi connectivity index (χ0n) is 14.9. The van der Waals surface area contributed by atoms with Gasteiger partial charge in [0.15, 0.2) is 9.84 Å². The summed E-state index contributed by atoms with van der Waals surface area (Å²) in [5.74, 6) is -1.06. The highest BCUT2D eigenvalue weighted by Gasteiger charge is 2.53. The van der Waals surface area contributed by atoms with Gasteiger partial charge in [-0.15, -0.1) is 0 Å². The smallest absolute Gasteiger partial charge is 0.271 e. The highest BCUT2D eigenvalue weighted by molar-refractivity contribution is 7.92. The molecule has 2 amide bonds. The van der Waals surface area contributed by atoms with Crippen molar-refractivity contribution >= 4 is 21.7 Å². The number of carbonyl (C=O) groups excluding carboxylic acids is 2. The fraction of sp³-hybridized carbons (Fsp3) is 0.389. The molecule has 2 aliphatic rings. The molecule has 2 saturated heterocycles. The van der Waals surface area contributed by atoms with Crippen LogP contribution in [-0.2, 0) is 21.1 Å². The van der Waals surface area contributed by atoms with E-state index in [2.05, 4.69) is 20.3 Å². The summed E-state index contributed by atoms with van der Waals surface area (Å²) in [5.41, 5.74) is 0.908. The molecular formula is C18H19N5O4S. The molecule has 0 unspecified atom stereocenters. The molecule has 4 heterocycles. The van der Waals surface area contributed by atoms with Crippen LogP contribution in [0.15, 0.2) is 43.1 Å². The molecule has 0 radical (unpaired) electrons. The van der Waals surface area contributed by atoms with Gasteiger partial charge < -0.3 is 10.2 Å². The lowest BCUT2D eigenvalue weighted by Gasteiger charge is -2.21. The number of likely N-dealkylation sites (tertiary alicyclic amines) is 1. The Morgan fingerprint density at radius 1 is 1.14 bits per heavy atom. The third-order valence-electron chi connectivity index (χ3n) is 5.24. The maximum absolute atomic E-state index is 12.6. The molecule has 3 atom stereocenters. The molecule has 0 bridgehead atoms. The lowest BCUT2D eigenvalue weighted by atomic mass is 10.0. The Morgan fingerprint density at radius 2 is 1.96 bits per heavy atom. The van der Waals surface area contributed by atoms with Gasteiger partial charge in [-0.1, -0.05) is 6.07 Å². The lowest BCUT2D eigenvalue weighted by Crippen LogP contribution is -2.43. The van der Waals surface area contributed by atoms with Crippen molar-refractivity contribution in [3.8, 4) is 0 Å². The molecule has 4 rings (SSSR count). The molecule has 146 valence electrons.